The van der Waals surface area contributed by atoms with Crippen molar-refractivity contribution in [2.45, 2.75) is 19.8 Å². The van der Waals surface area contributed by atoms with Gasteiger partial charge in [-0.05, 0) is 19.1 Å². The van der Waals surface area contributed by atoms with Gasteiger partial charge in [0.15, 0.2) is 0 Å². The fourth-order valence-corrected chi connectivity index (χ4v) is 1.58. The second-order valence-corrected chi connectivity index (χ2v) is 4.03. The third-order valence-corrected chi connectivity index (χ3v) is 2.43. The maximum Gasteiger partial charge on any atom is 0.573 e. The van der Waals surface area contributed by atoms with E-state index < -0.39 is 6.36 Å². The molecule has 0 fully saturated rings. The van der Waals surface area contributed by atoms with Gasteiger partial charge in [-0.3, -0.25) is 0 Å². The Morgan fingerprint density at radius 2 is 1.95 bits per heavy atom. The summed E-state index contributed by atoms with van der Waals surface area (Å²) in [6, 6.07) is 7.66. The predicted molar refractivity (Wildman–Crippen MR) is 67.2 cm³/mol. The number of aromatic nitrogens is 2. The number of benzene rings is 1. The smallest absolute Gasteiger partial charge is 0.405 e. The Morgan fingerprint density at radius 1 is 1.20 bits per heavy atom. The molecular formula is C13H12F3N3O. The van der Waals surface area contributed by atoms with Crippen LogP contribution in [0.2, 0.25) is 0 Å². The summed E-state index contributed by atoms with van der Waals surface area (Å²) in [5.74, 6) is 0.118. The fraction of sp³-hybridized carbons (Fsp3) is 0.231. The minimum atomic E-state index is -4.71. The number of hydrogen-bond acceptors (Lipinski definition) is 4. The highest BCUT2D eigenvalue weighted by Crippen LogP contribution is 2.26. The number of aryl methyl sites for hydroxylation is 1. The number of alkyl halides is 3. The average molecular weight is 283 g/mol. The summed E-state index contributed by atoms with van der Waals surface area (Å²) in [5.41, 5.74) is 1.14. The molecule has 1 aromatic heterocycles. The maximum absolute atomic E-state index is 12.3. The number of anilines is 1. The summed E-state index contributed by atoms with van der Waals surface area (Å²) in [7, 11) is 0. The highest BCUT2D eigenvalue weighted by atomic mass is 19.4. The lowest BCUT2D eigenvalue weighted by atomic mass is 10.2. The summed E-state index contributed by atoms with van der Waals surface area (Å²) in [6.45, 7) is 1.93. The highest BCUT2D eigenvalue weighted by Gasteiger charge is 2.31. The number of rotatable bonds is 4. The molecule has 0 unspecified atom stereocenters. The standard InChI is InChI=1S/C13H12F3N3O/c1-9-6-7-17-12(19-9)18-8-10-4-2-3-5-11(10)20-13(14,15)16/h2-7H,8H2,1H3,(H,17,18,19). The number of nitrogens with zero attached hydrogens (tertiary/aromatic N) is 2. The van der Waals surface area contributed by atoms with Gasteiger partial charge in [0.2, 0.25) is 5.95 Å². The molecule has 0 aliphatic rings. The number of halogens is 3. The molecule has 0 amide bonds. The first-order valence-electron chi connectivity index (χ1n) is 5.81. The summed E-state index contributed by atoms with van der Waals surface area (Å²) in [4.78, 5) is 8.08. The van der Waals surface area contributed by atoms with Crippen LogP contribution in [0.4, 0.5) is 19.1 Å². The van der Waals surface area contributed by atoms with Gasteiger partial charge in [-0.2, -0.15) is 0 Å². The van der Waals surface area contributed by atoms with Gasteiger partial charge in [0.05, 0.1) is 0 Å². The Kier molecular flexibility index (Phi) is 4.07. The molecule has 2 aromatic rings. The van der Waals surface area contributed by atoms with Crippen molar-refractivity contribution < 1.29 is 17.9 Å². The molecule has 1 N–H and O–H groups in total. The van der Waals surface area contributed by atoms with Gasteiger partial charge in [-0.25, -0.2) is 9.97 Å². The van der Waals surface area contributed by atoms with E-state index in [2.05, 4.69) is 20.0 Å². The van der Waals surface area contributed by atoms with E-state index >= 15 is 0 Å². The Labute approximate surface area is 113 Å². The maximum atomic E-state index is 12.3. The molecule has 0 spiro atoms. The van der Waals surface area contributed by atoms with Crippen molar-refractivity contribution in [2.24, 2.45) is 0 Å². The third kappa shape index (κ3) is 4.11. The Balaban J connectivity index is 2.09. The number of para-hydroxylation sites is 1. The Bertz CT molecular complexity index is 587. The topological polar surface area (TPSA) is 47.0 Å². The summed E-state index contributed by atoms with van der Waals surface area (Å²) < 4.78 is 40.8. The van der Waals surface area contributed by atoms with E-state index in [4.69, 9.17) is 0 Å². The van der Waals surface area contributed by atoms with Gasteiger partial charge in [0, 0.05) is 24.0 Å². The second kappa shape index (κ2) is 5.77. The minimum absolute atomic E-state index is 0.135. The molecule has 20 heavy (non-hydrogen) atoms. The van der Waals surface area contributed by atoms with E-state index in [1.807, 2.05) is 0 Å². The van der Waals surface area contributed by atoms with Gasteiger partial charge in [-0.1, -0.05) is 18.2 Å². The molecule has 1 aromatic carbocycles. The van der Waals surface area contributed by atoms with Gasteiger partial charge in [0.25, 0.3) is 0 Å². The van der Waals surface area contributed by atoms with Gasteiger partial charge >= 0.3 is 6.36 Å². The van der Waals surface area contributed by atoms with E-state index in [-0.39, 0.29) is 12.3 Å². The van der Waals surface area contributed by atoms with E-state index in [0.717, 1.165) is 5.69 Å². The normalized spacial score (nSPS) is 11.2. The zero-order valence-electron chi connectivity index (χ0n) is 10.6. The van der Waals surface area contributed by atoms with Crippen LogP contribution in [0.15, 0.2) is 36.5 Å². The lowest BCUT2D eigenvalue weighted by molar-refractivity contribution is -0.274. The van der Waals surface area contributed by atoms with Gasteiger partial charge < -0.3 is 10.1 Å². The molecule has 106 valence electrons. The van der Waals surface area contributed by atoms with Crippen molar-refractivity contribution in [2.75, 3.05) is 5.32 Å². The van der Waals surface area contributed by atoms with Crippen LogP contribution >= 0.6 is 0 Å². The van der Waals surface area contributed by atoms with Crippen molar-refractivity contribution in [3.8, 4) is 5.75 Å². The molecule has 0 aliphatic heterocycles. The first-order valence-corrected chi connectivity index (χ1v) is 5.81. The molecule has 1 heterocycles. The summed E-state index contributed by atoms with van der Waals surface area (Å²) in [5, 5.41) is 2.86. The second-order valence-electron chi connectivity index (χ2n) is 4.03. The monoisotopic (exact) mass is 283 g/mol. The average Bonchev–Trinajstić information content (AvgIpc) is 2.36. The first-order chi connectivity index (χ1) is 9.44. The lowest BCUT2D eigenvalue weighted by Gasteiger charge is -2.13. The van der Waals surface area contributed by atoms with Crippen LogP contribution in [0.1, 0.15) is 11.3 Å². The van der Waals surface area contributed by atoms with E-state index in [0.29, 0.717) is 11.5 Å². The van der Waals surface area contributed by atoms with Crippen molar-refractivity contribution in [3.63, 3.8) is 0 Å². The summed E-state index contributed by atoms with van der Waals surface area (Å²) >= 11 is 0. The third-order valence-electron chi connectivity index (χ3n) is 2.43. The largest absolute Gasteiger partial charge is 0.573 e. The Hall–Kier alpha value is -2.31. The van der Waals surface area contributed by atoms with Crippen LogP contribution in [-0.4, -0.2) is 16.3 Å². The molecule has 4 nitrogen and oxygen atoms in total. The number of ether oxygens (including phenoxy) is 1. The van der Waals surface area contributed by atoms with Crippen molar-refractivity contribution in [1.29, 1.82) is 0 Å². The molecule has 0 aliphatic carbocycles. The molecule has 0 radical (unpaired) electrons. The predicted octanol–water partition coefficient (Wildman–Crippen LogP) is 3.30. The van der Waals surface area contributed by atoms with E-state index in [9.17, 15) is 13.2 Å². The van der Waals surface area contributed by atoms with E-state index in [1.165, 1.54) is 12.1 Å². The quantitative estimate of drug-likeness (QED) is 0.935. The number of hydrogen-bond donors (Lipinski definition) is 1. The first kappa shape index (κ1) is 14.1. The molecule has 0 saturated heterocycles. The molecule has 7 heteroatoms. The lowest BCUT2D eigenvalue weighted by Crippen LogP contribution is -2.18. The van der Waals surface area contributed by atoms with Crippen LogP contribution < -0.4 is 10.1 Å². The zero-order chi connectivity index (χ0) is 14.6. The SMILES string of the molecule is Cc1ccnc(NCc2ccccc2OC(F)(F)F)n1. The molecular weight excluding hydrogens is 271 g/mol. The van der Waals surface area contributed by atoms with Crippen LogP contribution in [0, 0.1) is 6.92 Å². The van der Waals surface area contributed by atoms with E-state index in [1.54, 1.807) is 31.3 Å². The molecule has 2 rings (SSSR count). The molecule has 0 bridgehead atoms. The van der Waals surface area contributed by atoms with Crippen molar-refractivity contribution >= 4 is 5.95 Å². The fourth-order valence-electron chi connectivity index (χ4n) is 1.58. The highest BCUT2D eigenvalue weighted by molar-refractivity contribution is 5.37. The van der Waals surface area contributed by atoms with Crippen LogP contribution in [0.3, 0.4) is 0 Å². The van der Waals surface area contributed by atoms with Crippen molar-refractivity contribution in [3.05, 3.63) is 47.8 Å². The van der Waals surface area contributed by atoms with Crippen LogP contribution in [0.5, 0.6) is 5.75 Å². The molecule has 0 atom stereocenters. The van der Waals surface area contributed by atoms with Crippen molar-refractivity contribution in [1.82, 2.24) is 9.97 Å². The Morgan fingerprint density at radius 3 is 2.65 bits per heavy atom. The number of nitrogens with one attached hydrogen (secondary N) is 1. The molecule has 0 saturated carbocycles. The zero-order valence-corrected chi connectivity index (χ0v) is 10.6. The minimum Gasteiger partial charge on any atom is -0.405 e. The van der Waals surface area contributed by atoms with Crippen LogP contribution in [0.25, 0.3) is 0 Å². The van der Waals surface area contributed by atoms with Gasteiger partial charge in [-0.15, -0.1) is 13.2 Å². The van der Waals surface area contributed by atoms with Gasteiger partial charge in [0.1, 0.15) is 5.75 Å². The van der Waals surface area contributed by atoms with Crippen LogP contribution in [-0.2, 0) is 6.54 Å². The summed E-state index contributed by atoms with van der Waals surface area (Å²) in [6.07, 6.45) is -3.14.